The lowest BCUT2D eigenvalue weighted by molar-refractivity contribution is 0.0945. The molecule has 2 aromatic rings. The maximum atomic E-state index is 11.9. The maximum absolute atomic E-state index is 11.9. The van der Waals surface area contributed by atoms with Crippen molar-refractivity contribution < 1.29 is 14.3 Å². The van der Waals surface area contributed by atoms with Crippen molar-refractivity contribution in [2.45, 2.75) is 6.54 Å². The Morgan fingerprint density at radius 1 is 1.20 bits per heavy atom. The number of carbonyl (C=O) groups excluding carboxylic acids is 1. The normalized spacial score (nSPS) is 12.2. The Balaban J connectivity index is 1.67. The van der Waals surface area contributed by atoms with E-state index >= 15 is 0 Å². The van der Waals surface area contributed by atoms with Gasteiger partial charge in [0.2, 0.25) is 12.4 Å². The van der Waals surface area contributed by atoms with Gasteiger partial charge in [-0.05, 0) is 23.8 Å². The summed E-state index contributed by atoms with van der Waals surface area (Å²) in [5.41, 5.74) is 0.819. The minimum absolute atomic E-state index is 0.219. The molecule has 2 N–H and O–H groups in total. The minimum atomic E-state index is -0.333. The molecule has 0 saturated heterocycles. The number of benzene rings is 1. The number of aromatic nitrogens is 1. The molecule has 1 aromatic heterocycles. The largest absolute Gasteiger partial charge is 0.454 e. The Kier molecular flexibility index (Phi) is 3.12. The standard InChI is InChI=1S/C14H12N2O4/c17-13-3-1-2-10(16-13)14(18)15-7-9-4-5-11-12(6-9)20-8-19-11/h1-6H,7-8H2,(H,15,18)(H,16,17). The van der Waals surface area contributed by atoms with Gasteiger partial charge in [0.15, 0.2) is 11.5 Å². The van der Waals surface area contributed by atoms with Crippen molar-refractivity contribution in [3.63, 3.8) is 0 Å². The van der Waals surface area contributed by atoms with Gasteiger partial charge >= 0.3 is 0 Å². The molecular weight excluding hydrogens is 260 g/mol. The van der Waals surface area contributed by atoms with Gasteiger partial charge in [-0.1, -0.05) is 12.1 Å². The molecule has 0 saturated carbocycles. The van der Waals surface area contributed by atoms with Crippen molar-refractivity contribution in [1.29, 1.82) is 0 Å². The Hall–Kier alpha value is -2.76. The van der Waals surface area contributed by atoms with E-state index in [4.69, 9.17) is 9.47 Å². The summed E-state index contributed by atoms with van der Waals surface area (Å²) < 4.78 is 10.5. The van der Waals surface area contributed by atoms with E-state index < -0.39 is 0 Å². The molecule has 20 heavy (non-hydrogen) atoms. The molecule has 6 heteroatoms. The zero-order valence-corrected chi connectivity index (χ0v) is 10.5. The molecule has 3 rings (SSSR count). The highest BCUT2D eigenvalue weighted by atomic mass is 16.7. The number of fused-ring (bicyclic) bond motifs is 1. The third-order valence-electron chi connectivity index (χ3n) is 2.90. The predicted molar refractivity (Wildman–Crippen MR) is 70.8 cm³/mol. The topological polar surface area (TPSA) is 80.4 Å². The van der Waals surface area contributed by atoms with Crippen LogP contribution in [0.25, 0.3) is 0 Å². The van der Waals surface area contributed by atoms with Crippen LogP contribution in [0.3, 0.4) is 0 Å². The first kappa shape index (κ1) is 12.3. The Morgan fingerprint density at radius 3 is 2.90 bits per heavy atom. The van der Waals surface area contributed by atoms with Gasteiger partial charge in [-0.15, -0.1) is 0 Å². The number of amides is 1. The van der Waals surface area contributed by atoms with Crippen LogP contribution in [0.4, 0.5) is 0 Å². The van der Waals surface area contributed by atoms with Gasteiger partial charge in [0.1, 0.15) is 5.69 Å². The third kappa shape index (κ3) is 2.49. The fraction of sp³-hybridized carbons (Fsp3) is 0.143. The number of nitrogens with one attached hydrogen (secondary N) is 2. The van der Waals surface area contributed by atoms with Gasteiger partial charge in [-0.3, -0.25) is 9.59 Å². The van der Waals surface area contributed by atoms with E-state index in [1.165, 1.54) is 12.1 Å². The van der Waals surface area contributed by atoms with Crippen molar-refractivity contribution in [1.82, 2.24) is 10.3 Å². The monoisotopic (exact) mass is 272 g/mol. The van der Waals surface area contributed by atoms with Crippen molar-refractivity contribution in [3.8, 4) is 11.5 Å². The second-order valence-corrected chi connectivity index (χ2v) is 4.30. The van der Waals surface area contributed by atoms with Crippen LogP contribution >= 0.6 is 0 Å². The SMILES string of the molecule is O=C(NCc1ccc2c(c1)OCO2)c1cccc(=O)[nH]1. The van der Waals surface area contributed by atoms with Gasteiger partial charge in [-0.2, -0.15) is 0 Å². The molecule has 1 aliphatic heterocycles. The average molecular weight is 272 g/mol. The summed E-state index contributed by atoms with van der Waals surface area (Å²) in [4.78, 5) is 25.5. The summed E-state index contributed by atoms with van der Waals surface area (Å²) in [6.45, 7) is 0.558. The summed E-state index contributed by atoms with van der Waals surface area (Å²) in [7, 11) is 0. The third-order valence-corrected chi connectivity index (χ3v) is 2.90. The number of rotatable bonds is 3. The van der Waals surface area contributed by atoms with Crippen molar-refractivity contribution in [2.24, 2.45) is 0 Å². The highest BCUT2D eigenvalue weighted by Crippen LogP contribution is 2.32. The summed E-state index contributed by atoms with van der Waals surface area (Å²) in [6.07, 6.45) is 0. The fourth-order valence-electron chi connectivity index (χ4n) is 1.91. The number of hydrogen-bond donors (Lipinski definition) is 2. The van der Waals surface area contributed by atoms with Crippen LogP contribution in [0, 0.1) is 0 Å². The van der Waals surface area contributed by atoms with Crippen LogP contribution in [0.5, 0.6) is 11.5 Å². The lowest BCUT2D eigenvalue weighted by Gasteiger charge is -2.06. The zero-order chi connectivity index (χ0) is 13.9. The predicted octanol–water partition coefficient (Wildman–Crippen LogP) is 1.03. The fourth-order valence-corrected chi connectivity index (χ4v) is 1.91. The number of hydrogen-bond acceptors (Lipinski definition) is 4. The number of ether oxygens (including phenoxy) is 2. The molecule has 2 heterocycles. The van der Waals surface area contributed by atoms with Gasteiger partial charge in [-0.25, -0.2) is 0 Å². The minimum Gasteiger partial charge on any atom is -0.454 e. The smallest absolute Gasteiger partial charge is 0.268 e. The number of pyridine rings is 1. The van der Waals surface area contributed by atoms with Crippen LogP contribution in [-0.4, -0.2) is 17.7 Å². The molecule has 102 valence electrons. The van der Waals surface area contributed by atoms with Crippen molar-refractivity contribution in [3.05, 3.63) is 58.0 Å². The van der Waals surface area contributed by atoms with Crippen LogP contribution < -0.4 is 20.3 Å². The van der Waals surface area contributed by atoms with E-state index in [1.807, 2.05) is 12.1 Å². The number of carbonyl (C=O) groups is 1. The maximum Gasteiger partial charge on any atom is 0.268 e. The lowest BCUT2D eigenvalue weighted by atomic mass is 10.2. The van der Waals surface area contributed by atoms with E-state index in [2.05, 4.69) is 10.3 Å². The molecular formula is C14H12N2O4. The Labute approximate surface area is 114 Å². The molecule has 0 radical (unpaired) electrons. The summed E-state index contributed by atoms with van der Waals surface area (Å²) in [6, 6.07) is 9.91. The molecule has 0 atom stereocenters. The number of aromatic amines is 1. The first-order valence-corrected chi connectivity index (χ1v) is 6.08. The molecule has 0 spiro atoms. The molecule has 1 aromatic carbocycles. The van der Waals surface area contributed by atoms with Gasteiger partial charge in [0, 0.05) is 12.6 Å². The zero-order valence-electron chi connectivity index (χ0n) is 10.5. The molecule has 0 bridgehead atoms. The highest BCUT2D eigenvalue weighted by Gasteiger charge is 2.13. The first-order chi connectivity index (χ1) is 9.72. The summed E-state index contributed by atoms with van der Waals surface area (Å²) in [5, 5.41) is 2.73. The van der Waals surface area contributed by atoms with Crippen molar-refractivity contribution in [2.75, 3.05) is 6.79 Å². The van der Waals surface area contributed by atoms with Gasteiger partial charge in [0.25, 0.3) is 5.91 Å². The highest BCUT2D eigenvalue weighted by molar-refractivity contribution is 5.92. The molecule has 1 amide bonds. The van der Waals surface area contributed by atoms with Crippen LogP contribution in [-0.2, 0) is 6.54 Å². The molecule has 0 fully saturated rings. The second kappa shape index (κ2) is 5.08. The molecule has 1 aliphatic rings. The number of H-pyrrole nitrogens is 1. The van der Waals surface area contributed by atoms with Gasteiger partial charge < -0.3 is 19.8 Å². The van der Waals surface area contributed by atoms with Crippen molar-refractivity contribution >= 4 is 5.91 Å². The molecule has 0 aliphatic carbocycles. The molecule has 0 unspecified atom stereocenters. The lowest BCUT2D eigenvalue weighted by Crippen LogP contribution is -2.25. The summed E-state index contributed by atoms with van der Waals surface area (Å²) >= 11 is 0. The Bertz CT molecular complexity index is 708. The average Bonchev–Trinajstić information content (AvgIpc) is 2.92. The van der Waals surface area contributed by atoms with E-state index in [0.29, 0.717) is 18.0 Å². The van der Waals surface area contributed by atoms with Crippen LogP contribution in [0.2, 0.25) is 0 Å². The summed E-state index contributed by atoms with van der Waals surface area (Å²) in [5.74, 6) is 1.04. The van der Waals surface area contributed by atoms with Crippen LogP contribution in [0.1, 0.15) is 16.1 Å². The van der Waals surface area contributed by atoms with E-state index in [0.717, 1.165) is 5.56 Å². The van der Waals surface area contributed by atoms with Crippen LogP contribution in [0.15, 0.2) is 41.2 Å². The molecule has 6 nitrogen and oxygen atoms in total. The van der Waals surface area contributed by atoms with E-state index in [9.17, 15) is 9.59 Å². The van der Waals surface area contributed by atoms with E-state index in [-0.39, 0.29) is 24.0 Å². The Morgan fingerprint density at radius 2 is 2.05 bits per heavy atom. The first-order valence-electron chi connectivity index (χ1n) is 6.08. The van der Waals surface area contributed by atoms with E-state index in [1.54, 1.807) is 12.1 Å². The quantitative estimate of drug-likeness (QED) is 0.874. The van der Waals surface area contributed by atoms with Gasteiger partial charge in [0.05, 0.1) is 0 Å². The second-order valence-electron chi connectivity index (χ2n) is 4.30.